The van der Waals surface area contributed by atoms with E-state index in [1.807, 2.05) is 50.4 Å². The van der Waals surface area contributed by atoms with Gasteiger partial charge >= 0.3 is 0 Å². The molecule has 0 aliphatic rings. The SMILES string of the molecule is CSC(CO)C(C)NC(=O)c1sc(-c2ccccc2)nc1C. The first-order valence-corrected chi connectivity index (χ1v) is 9.14. The topological polar surface area (TPSA) is 62.2 Å². The molecule has 0 aliphatic heterocycles. The number of rotatable bonds is 6. The number of thiazole rings is 1. The molecule has 0 spiro atoms. The third kappa shape index (κ3) is 3.88. The van der Waals surface area contributed by atoms with Gasteiger partial charge in [0, 0.05) is 16.9 Å². The first-order chi connectivity index (χ1) is 10.6. The Kier molecular flexibility index (Phi) is 5.99. The number of nitrogens with zero attached hydrogens (tertiary/aromatic N) is 1. The van der Waals surface area contributed by atoms with Gasteiger partial charge in [-0.2, -0.15) is 11.8 Å². The van der Waals surface area contributed by atoms with E-state index >= 15 is 0 Å². The van der Waals surface area contributed by atoms with E-state index in [4.69, 9.17) is 0 Å². The number of benzene rings is 1. The van der Waals surface area contributed by atoms with Gasteiger partial charge in [-0.3, -0.25) is 4.79 Å². The van der Waals surface area contributed by atoms with Crippen LogP contribution in [0, 0.1) is 6.92 Å². The van der Waals surface area contributed by atoms with Crippen LogP contribution >= 0.6 is 23.1 Å². The van der Waals surface area contributed by atoms with Crippen LogP contribution in [0.3, 0.4) is 0 Å². The fourth-order valence-corrected chi connectivity index (χ4v) is 3.71. The number of thioether (sulfide) groups is 1. The van der Waals surface area contributed by atoms with Crippen molar-refractivity contribution < 1.29 is 9.90 Å². The number of carbonyl (C=O) groups is 1. The van der Waals surface area contributed by atoms with Crippen molar-refractivity contribution >= 4 is 29.0 Å². The maximum absolute atomic E-state index is 12.4. The van der Waals surface area contributed by atoms with Gasteiger partial charge in [0.2, 0.25) is 0 Å². The van der Waals surface area contributed by atoms with Crippen LogP contribution in [0.5, 0.6) is 0 Å². The highest BCUT2D eigenvalue weighted by atomic mass is 32.2. The van der Waals surface area contributed by atoms with Crippen molar-refractivity contribution in [3.8, 4) is 10.6 Å². The fraction of sp³-hybridized carbons (Fsp3) is 0.375. The number of hydrogen-bond donors (Lipinski definition) is 2. The molecule has 0 saturated heterocycles. The predicted molar refractivity (Wildman–Crippen MR) is 93.6 cm³/mol. The number of nitrogens with one attached hydrogen (secondary N) is 1. The third-order valence-corrected chi connectivity index (χ3v) is 5.79. The summed E-state index contributed by atoms with van der Waals surface area (Å²) in [6.07, 6.45) is 1.93. The van der Waals surface area contributed by atoms with Crippen LogP contribution < -0.4 is 5.32 Å². The standard InChI is InChI=1S/C16H20N2O2S2/c1-10(13(9-19)21-3)17-15(20)14-11(2)18-16(22-14)12-7-5-4-6-8-12/h4-8,10,13,19H,9H2,1-3H3,(H,17,20). The van der Waals surface area contributed by atoms with Gasteiger partial charge in [-0.05, 0) is 20.1 Å². The van der Waals surface area contributed by atoms with Crippen molar-refractivity contribution in [1.82, 2.24) is 10.3 Å². The Hall–Kier alpha value is -1.37. The Bertz CT molecular complexity index is 624. The number of carbonyl (C=O) groups excluding carboxylic acids is 1. The minimum absolute atomic E-state index is 0.00855. The fourth-order valence-electron chi connectivity index (χ4n) is 2.11. The second kappa shape index (κ2) is 7.76. The van der Waals surface area contributed by atoms with Crippen LogP contribution in [0.1, 0.15) is 22.3 Å². The molecule has 1 heterocycles. The molecular formula is C16H20N2O2S2. The average molecular weight is 336 g/mol. The number of aromatic nitrogens is 1. The van der Waals surface area contributed by atoms with Gasteiger partial charge in [-0.15, -0.1) is 11.3 Å². The second-order valence-electron chi connectivity index (χ2n) is 5.02. The molecule has 0 radical (unpaired) electrons. The normalized spacial score (nSPS) is 13.6. The van der Waals surface area contributed by atoms with Crippen molar-refractivity contribution in [2.45, 2.75) is 25.1 Å². The van der Waals surface area contributed by atoms with E-state index < -0.39 is 0 Å². The van der Waals surface area contributed by atoms with Gasteiger partial charge in [-0.25, -0.2) is 4.98 Å². The summed E-state index contributed by atoms with van der Waals surface area (Å²) in [5, 5.41) is 13.1. The van der Waals surface area contributed by atoms with Gasteiger partial charge in [0.25, 0.3) is 5.91 Å². The number of aliphatic hydroxyl groups excluding tert-OH is 1. The molecule has 2 rings (SSSR count). The van der Waals surface area contributed by atoms with Crippen molar-refractivity contribution in [3.05, 3.63) is 40.9 Å². The number of hydrogen-bond acceptors (Lipinski definition) is 5. The smallest absolute Gasteiger partial charge is 0.263 e. The van der Waals surface area contributed by atoms with Crippen LogP contribution in [0.25, 0.3) is 10.6 Å². The lowest BCUT2D eigenvalue weighted by atomic mass is 10.2. The summed E-state index contributed by atoms with van der Waals surface area (Å²) in [5.41, 5.74) is 1.75. The molecule has 2 aromatic rings. The lowest BCUT2D eigenvalue weighted by Gasteiger charge is -2.20. The van der Waals surface area contributed by atoms with E-state index in [9.17, 15) is 9.90 Å². The van der Waals surface area contributed by atoms with E-state index in [-0.39, 0.29) is 23.8 Å². The van der Waals surface area contributed by atoms with E-state index in [0.717, 1.165) is 16.3 Å². The van der Waals surface area contributed by atoms with Crippen molar-refractivity contribution in [2.75, 3.05) is 12.9 Å². The summed E-state index contributed by atoms with van der Waals surface area (Å²) < 4.78 is 0. The Labute approximate surface area is 139 Å². The van der Waals surface area contributed by atoms with Gasteiger partial charge in [0.05, 0.1) is 12.3 Å². The third-order valence-electron chi connectivity index (χ3n) is 3.42. The first-order valence-electron chi connectivity index (χ1n) is 7.04. The van der Waals surface area contributed by atoms with Crippen LogP contribution in [-0.4, -0.2) is 40.2 Å². The molecule has 1 aromatic heterocycles. The highest BCUT2D eigenvalue weighted by Crippen LogP contribution is 2.27. The van der Waals surface area contributed by atoms with Crippen molar-refractivity contribution in [1.29, 1.82) is 0 Å². The van der Waals surface area contributed by atoms with E-state index in [1.54, 1.807) is 11.8 Å². The molecule has 2 unspecified atom stereocenters. The zero-order chi connectivity index (χ0) is 16.1. The van der Waals surface area contributed by atoms with Gasteiger partial charge in [-0.1, -0.05) is 30.3 Å². The first kappa shape index (κ1) is 17.0. The minimum Gasteiger partial charge on any atom is -0.395 e. The van der Waals surface area contributed by atoms with E-state index in [0.29, 0.717) is 4.88 Å². The molecule has 2 N–H and O–H groups in total. The molecule has 1 aromatic carbocycles. The number of aliphatic hydroxyl groups is 1. The lowest BCUT2D eigenvalue weighted by molar-refractivity contribution is 0.0939. The Morgan fingerprint density at radius 3 is 2.68 bits per heavy atom. The maximum Gasteiger partial charge on any atom is 0.263 e. The molecule has 1 amide bonds. The van der Waals surface area contributed by atoms with Gasteiger partial charge < -0.3 is 10.4 Å². The van der Waals surface area contributed by atoms with Crippen LogP contribution in [0.4, 0.5) is 0 Å². The molecular weight excluding hydrogens is 316 g/mol. The van der Waals surface area contributed by atoms with Crippen LogP contribution in [0.2, 0.25) is 0 Å². The molecule has 2 atom stereocenters. The molecule has 0 bridgehead atoms. The molecule has 0 aliphatic carbocycles. The van der Waals surface area contributed by atoms with E-state index in [1.165, 1.54) is 11.3 Å². The summed E-state index contributed by atoms with van der Waals surface area (Å²) >= 11 is 2.94. The number of aryl methyl sites for hydroxylation is 1. The monoisotopic (exact) mass is 336 g/mol. The summed E-state index contributed by atoms with van der Waals surface area (Å²) in [4.78, 5) is 17.6. The molecule has 4 nitrogen and oxygen atoms in total. The highest BCUT2D eigenvalue weighted by Gasteiger charge is 2.21. The van der Waals surface area contributed by atoms with Gasteiger partial charge in [0.15, 0.2) is 0 Å². The Morgan fingerprint density at radius 2 is 2.09 bits per heavy atom. The summed E-state index contributed by atoms with van der Waals surface area (Å²) in [5.74, 6) is -0.128. The maximum atomic E-state index is 12.4. The predicted octanol–water partition coefficient (Wildman–Crippen LogP) is 2.96. The molecule has 0 fully saturated rings. The quantitative estimate of drug-likeness (QED) is 0.851. The minimum atomic E-state index is -0.128. The zero-order valence-electron chi connectivity index (χ0n) is 12.9. The zero-order valence-corrected chi connectivity index (χ0v) is 14.5. The van der Waals surface area contributed by atoms with Gasteiger partial charge in [0.1, 0.15) is 9.88 Å². The summed E-state index contributed by atoms with van der Waals surface area (Å²) in [6.45, 7) is 3.80. The van der Waals surface area contributed by atoms with Crippen molar-refractivity contribution in [2.24, 2.45) is 0 Å². The summed E-state index contributed by atoms with van der Waals surface area (Å²) in [6, 6.07) is 9.73. The molecule has 22 heavy (non-hydrogen) atoms. The molecule has 118 valence electrons. The lowest BCUT2D eigenvalue weighted by Crippen LogP contribution is -2.41. The van der Waals surface area contributed by atoms with E-state index in [2.05, 4.69) is 10.3 Å². The highest BCUT2D eigenvalue weighted by molar-refractivity contribution is 7.99. The molecule has 0 saturated carbocycles. The number of amides is 1. The van der Waals surface area contributed by atoms with Crippen LogP contribution in [0.15, 0.2) is 30.3 Å². The average Bonchev–Trinajstić information content (AvgIpc) is 2.91. The molecule has 6 heteroatoms. The Balaban J connectivity index is 2.16. The second-order valence-corrected chi connectivity index (χ2v) is 7.09. The van der Waals surface area contributed by atoms with Crippen molar-refractivity contribution in [3.63, 3.8) is 0 Å². The largest absolute Gasteiger partial charge is 0.395 e. The Morgan fingerprint density at radius 1 is 1.41 bits per heavy atom. The summed E-state index contributed by atoms with van der Waals surface area (Å²) in [7, 11) is 0. The van der Waals surface area contributed by atoms with Crippen LogP contribution in [-0.2, 0) is 0 Å².